The zero-order chi connectivity index (χ0) is 23.3. The van der Waals surface area contributed by atoms with Crippen LogP contribution in [0.5, 0.6) is 11.5 Å². The van der Waals surface area contributed by atoms with Crippen LogP contribution in [0.25, 0.3) is 0 Å². The van der Waals surface area contributed by atoms with E-state index >= 15 is 0 Å². The second kappa shape index (κ2) is 10.6. The molecule has 1 N–H and O–H groups in total. The lowest BCUT2D eigenvalue weighted by molar-refractivity contribution is -0.0621. The van der Waals surface area contributed by atoms with Crippen LogP contribution in [0.15, 0.2) is 54.9 Å². The van der Waals surface area contributed by atoms with Gasteiger partial charge in [0.25, 0.3) is 0 Å². The molecule has 0 spiro atoms. The van der Waals surface area contributed by atoms with E-state index in [0.29, 0.717) is 30.3 Å². The number of halogens is 1. The normalized spacial score (nSPS) is 18.9. The summed E-state index contributed by atoms with van der Waals surface area (Å²) >= 11 is 6.25. The van der Waals surface area contributed by atoms with Crippen LogP contribution in [0.4, 0.5) is 0 Å². The van der Waals surface area contributed by atoms with Crippen LogP contribution in [0, 0.1) is 13.8 Å². The van der Waals surface area contributed by atoms with Crippen molar-refractivity contribution in [3.8, 4) is 11.5 Å². The van der Waals surface area contributed by atoms with Crippen LogP contribution in [0.1, 0.15) is 29.8 Å². The maximum Gasteiger partial charge on any atom is 0.138 e. The number of aromatic nitrogens is 2. The van der Waals surface area contributed by atoms with Gasteiger partial charge in [-0.15, -0.1) is 0 Å². The Morgan fingerprint density at radius 2 is 2.03 bits per heavy atom. The minimum Gasteiger partial charge on any atom is -0.492 e. The van der Waals surface area contributed by atoms with Crippen molar-refractivity contribution in [2.45, 2.75) is 45.4 Å². The number of imidazole rings is 1. The van der Waals surface area contributed by atoms with E-state index in [9.17, 15) is 5.11 Å². The van der Waals surface area contributed by atoms with Crippen LogP contribution >= 0.6 is 11.6 Å². The highest BCUT2D eigenvalue weighted by Crippen LogP contribution is 2.29. The third-order valence-corrected chi connectivity index (χ3v) is 6.36. The monoisotopic (exact) mass is 469 g/mol. The number of nitrogens with zero attached hydrogens (tertiary/aromatic N) is 3. The molecule has 2 heterocycles. The highest BCUT2D eigenvalue weighted by Gasteiger charge is 2.34. The molecule has 0 bridgehead atoms. The van der Waals surface area contributed by atoms with Crippen molar-refractivity contribution in [1.29, 1.82) is 0 Å². The topological polar surface area (TPSA) is 59.8 Å². The zero-order valence-electron chi connectivity index (χ0n) is 19.3. The predicted molar refractivity (Wildman–Crippen MR) is 130 cm³/mol. The molecule has 33 heavy (non-hydrogen) atoms. The predicted octanol–water partition coefficient (Wildman–Crippen LogP) is 4.64. The van der Waals surface area contributed by atoms with Crippen molar-refractivity contribution in [2.24, 2.45) is 0 Å². The van der Waals surface area contributed by atoms with E-state index in [1.807, 2.05) is 50.4 Å². The molecule has 1 fully saturated rings. The van der Waals surface area contributed by atoms with Gasteiger partial charge in [-0.1, -0.05) is 29.8 Å². The van der Waals surface area contributed by atoms with Gasteiger partial charge in [0, 0.05) is 25.5 Å². The summed E-state index contributed by atoms with van der Waals surface area (Å²) in [6, 6.07) is 13.9. The molecule has 1 unspecified atom stereocenters. The molecule has 4 rings (SSSR count). The number of hydrogen-bond donors (Lipinski definition) is 1. The van der Waals surface area contributed by atoms with E-state index in [-0.39, 0.29) is 6.61 Å². The van der Waals surface area contributed by atoms with Gasteiger partial charge in [-0.2, -0.15) is 0 Å². The fraction of sp³-hybridized carbons (Fsp3) is 0.423. The molecule has 1 aromatic heterocycles. The Morgan fingerprint density at radius 1 is 1.15 bits per heavy atom. The Balaban J connectivity index is 1.30. The Labute approximate surface area is 200 Å². The molecule has 1 saturated heterocycles. The molecule has 7 heteroatoms. The molecule has 0 saturated carbocycles. The first kappa shape index (κ1) is 23.6. The van der Waals surface area contributed by atoms with Crippen LogP contribution in [-0.2, 0) is 13.1 Å². The van der Waals surface area contributed by atoms with Crippen molar-refractivity contribution in [2.75, 3.05) is 26.3 Å². The van der Waals surface area contributed by atoms with Gasteiger partial charge >= 0.3 is 0 Å². The zero-order valence-corrected chi connectivity index (χ0v) is 20.1. The highest BCUT2D eigenvalue weighted by atomic mass is 35.5. The summed E-state index contributed by atoms with van der Waals surface area (Å²) in [6.07, 6.45) is 5.39. The maximum absolute atomic E-state index is 11.2. The van der Waals surface area contributed by atoms with Crippen LogP contribution in [0.3, 0.4) is 0 Å². The average molecular weight is 470 g/mol. The molecule has 0 aliphatic carbocycles. The van der Waals surface area contributed by atoms with Gasteiger partial charge < -0.3 is 19.1 Å². The van der Waals surface area contributed by atoms with Crippen molar-refractivity contribution in [3.05, 3.63) is 76.8 Å². The minimum absolute atomic E-state index is 0.226. The molecule has 1 atom stereocenters. The Morgan fingerprint density at radius 3 is 2.85 bits per heavy atom. The van der Waals surface area contributed by atoms with Crippen molar-refractivity contribution >= 4 is 11.6 Å². The summed E-state index contributed by atoms with van der Waals surface area (Å²) in [5.41, 5.74) is 1.34. The molecule has 176 valence electrons. The number of hydrogen-bond acceptors (Lipinski definition) is 5. The molecule has 2 aromatic carbocycles. The van der Waals surface area contributed by atoms with E-state index in [4.69, 9.17) is 21.1 Å². The number of rotatable bonds is 9. The number of aliphatic hydroxyl groups is 1. The third-order valence-electron chi connectivity index (χ3n) is 6.05. The molecule has 3 aromatic rings. The van der Waals surface area contributed by atoms with E-state index < -0.39 is 5.60 Å². The van der Waals surface area contributed by atoms with Gasteiger partial charge in [0.05, 0.1) is 11.6 Å². The standard InChI is InChI=1S/C26H32ClN3O3/c1-20-7-8-24(27)25(15-20)33-19-26(31)9-4-11-29(18-26)17-22-5-3-6-23(16-22)32-14-13-30-12-10-28-21(30)2/h3,5-8,10,12,15-16,31H,4,9,11,13-14,17-19H2,1-2H3. The summed E-state index contributed by atoms with van der Waals surface area (Å²) in [5, 5.41) is 11.7. The maximum atomic E-state index is 11.2. The van der Waals surface area contributed by atoms with Gasteiger partial charge in [0.2, 0.25) is 0 Å². The molecular formula is C26H32ClN3O3. The van der Waals surface area contributed by atoms with Crippen LogP contribution < -0.4 is 9.47 Å². The number of benzene rings is 2. The minimum atomic E-state index is -0.901. The first-order chi connectivity index (χ1) is 15.9. The molecule has 1 aliphatic rings. The summed E-state index contributed by atoms with van der Waals surface area (Å²) in [4.78, 5) is 6.51. The van der Waals surface area contributed by atoms with Gasteiger partial charge in [-0.3, -0.25) is 4.90 Å². The summed E-state index contributed by atoms with van der Waals surface area (Å²) in [5.74, 6) is 2.46. The van der Waals surface area contributed by atoms with Gasteiger partial charge in [-0.05, 0) is 68.6 Å². The Bertz CT molecular complexity index is 1070. The number of piperidine rings is 1. The van der Waals surface area contributed by atoms with E-state index in [2.05, 4.69) is 26.6 Å². The fourth-order valence-corrected chi connectivity index (χ4v) is 4.46. The first-order valence-corrected chi connectivity index (χ1v) is 11.8. The summed E-state index contributed by atoms with van der Waals surface area (Å²) in [7, 11) is 0. The first-order valence-electron chi connectivity index (χ1n) is 11.4. The smallest absolute Gasteiger partial charge is 0.138 e. The SMILES string of the molecule is Cc1ccc(Cl)c(OCC2(O)CCCN(Cc3cccc(OCCn4ccnc4C)c3)C2)c1. The molecule has 6 nitrogen and oxygen atoms in total. The Hall–Kier alpha value is -2.54. The van der Waals surface area contributed by atoms with Gasteiger partial charge in [0.15, 0.2) is 0 Å². The van der Waals surface area contributed by atoms with Crippen molar-refractivity contribution in [1.82, 2.24) is 14.5 Å². The van der Waals surface area contributed by atoms with Gasteiger partial charge in [-0.25, -0.2) is 4.98 Å². The highest BCUT2D eigenvalue weighted by molar-refractivity contribution is 6.32. The summed E-state index contributed by atoms with van der Waals surface area (Å²) in [6.45, 7) is 7.82. The summed E-state index contributed by atoms with van der Waals surface area (Å²) < 4.78 is 14.0. The Kier molecular flexibility index (Phi) is 7.58. The molecule has 1 aliphatic heterocycles. The third kappa shape index (κ3) is 6.50. The molecule has 0 amide bonds. The lowest BCUT2D eigenvalue weighted by atomic mass is 9.93. The van der Waals surface area contributed by atoms with E-state index in [1.165, 1.54) is 5.56 Å². The van der Waals surface area contributed by atoms with Crippen LogP contribution in [-0.4, -0.2) is 51.5 Å². The average Bonchev–Trinajstić information content (AvgIpc) is 3.19. The van der Waals surface area contributed by atoms with Crippen molar-refractivity contribution < 1.29 is 14.6 Å². The second-order valence-corrected chi connectivity index (χ2v) is 9.33. The lowest BCUT2D eigenvalue weighted by Gasteiger charge is -2.39. The van der Waals surface area contributed by atoms with Crippen LogP contribution in [0.2, 0.25) is 5.02 Å². The number of ether oxygens (including phenoxy) is 2. The van der Waals surface area contributed by atoms with E-state index in [0.717, 1.165) is 43.2 Å². The fourth-order valence-electron chi connectivity index (χ4n) is 4.29. The molecule has 0 radical (unpaired) electrons. The quantitative estimate of drug-likeness (QED) is 0.494. The van der Waals surface area contributed by atoms with E-state index in [1.54, 1.807) is 6.20 Å². The number of likely N-dealkylation sites (tertiary alicyclic amines) is 1. The molecular weight excluding hydrogens is 438 g/mol. The van der Waals surface area contributed by atoms with Crippen molar-refractivity contribution in [3.63, 3.8) is 0 Å². The van der Waals surface area contributed by atoms with Gasteiger partial charge in [0.1, 0.15) is 36.1 Å². The number of aryl methyl sites for hydroxylation is 2. The second-order valence-electron chi connectivity index (χ2n) is 8.92. The number of β-amino-alcohol motifs (C(OH)–C–C–N with tert-alkyl or cyclic N) is 1. The lowest BCUT2D eigenvalue weighted by Crippen LogP contribution is -2.51. The largest absolute Gasteiger partial charge is 0.492 e.